The molecule has 0 saturated carbocycles. The van der Waals surface area contributed by atoms with E-state index in [1.54, 1.807) is 0 Å². The van der Waals surface area contributed by atoms with Gasteiger partial charge in [-0.1, -0.05) is 0 Å². The van der Waals surface area contributed by atoms with Gasteiger partial charge in [-0.15, -0.1) is 0 Å². The van der Waals surface area contributed by atoms with E-state index >= 15 is 0 Å². The van der Waals surface area contributed by atoms with Crippen LogP contribution in [0.25, 0.3) is 0 Å². The quantitative estimate of drug-likeness (QED) is 0.632. The second-order valence-electron chi connectivity index (χ2n) is 3.42. The van der Waals surface area contributed by atoms with E-state index < -0.39 is 0 Å². The van der Waals surface area contributed by atoms with Crippen molar-refractivity contribution < 1.29 is 14.6 Å². The van der Waals surface area contributed by atoms with Gasteiger partial charge >= 0.3 is 5.97 Å². The molecule has 0 radical (unpaired) electrons. The Balaban J connectivity index is 2.54. The van der Waals surface area contributed by atoms with Gasteiger partial charge in [-0.25, -0.2) is 0 Å². The van der Waals surface area contributed by atoms with E-state index in [0.29, 0.717) is 0 Å². The Morgan fingerprint density at radius 3 is 3.00 bits per heavy atom. The zero-order valence-corrected chi connectivity index (χ0v) is 8.19. The third kappa shape index (κ3) is 2.19. The maximum atomic E-state index is 11.2. The predicted octanol–water partition coefficient (Wildman–Crippen LogP) is 0.00460. The number of hydrogen-bond acceptors (Lipinski definition) is 4. The lowest BCUT2D eigenvalue weighted by Gasteiger charge is -2.27. The summed E-state index contributed by atoms with van der Waals surface area (Å²) in [7, 11) is 1.39. The fraction of sp³-hybridized carbons (Fsp3) is 0.889. The van der Waals surface area contributed by atoms with E-state index in [1.165, 1.54) is 7.11 Å². The fourth-order valence-corrected chi connectivity index (χ4v) is 1.87. The molecule has 2 atom stereocenters. The van der Waals surface area contributed by atoms with Crippen LogP contribution >= 0.6 is 0 Å². The van der Waals surface area contributed by atoms with Gasteiger partial charge < -0.3 is 9.84 Å². The molecule has 0 amide bonds. The van der Waals surface area contributed by atoms with E-state index in [9.17, 15) is 4.79 Å². The first-order chi connectivity index (χ1) is 6.20. The molecule has 0 aromatic heterocycles. The Kier molecular flexibility index (Phi) is 3.69. The van der Waals surface area contributed by atoms with Gasteiger partial charge in [-0.05, 0) is 26.3 Å². The molecule has 1 N–H and O–H groups in total. The molecule has 1 fully saturated rings. The smallest absolute Gasteiger partial charge is 0.322 e. The van der Waals surface area contributed by atoms with Crippen molar-refractivity contribution in [2.45, 2.75) is 31.8 Å². The standard InChI is InChI=1S/C9H17NO3/c1-7(9(12)13-2)10-5-3-4-8(10)6-11/h7-8,11H,3-6H2,1-2H3/t7?,8-/m1/s1. The molecule has 1 rings (SSSR count). The van der Waals surface area contributed by atoms with Crippen molar-refractivity contribution >= 4 is 5.97 Å². The summed E-state index contributed by atoms with van der Waals surface area (Å²) in [5, 5.41) is 9.05. The topological polar surface area (TPSA) is 49.8 Å². The molecule has 4 heteroatoms. The summed E-state index contributed by atoms with van der Waals surface area (Å²) in [6, 6.07) is -0.0984. The number of nitrogens with zero attached hydrogens (tertiary/aromatic N) is 1. The molecule has 0 aliphatic carbocycles. The highest BCUT2D eigenvalue weighted by Crippen LogP contribution is 2.19. The molecule has 0 spiro atoms. The van der Waals surface area contributed by atoms with Gasteiger partial charge in [0, 0.05) is 6.04 Å². The minimum atomic E-state index is -0.232. The lowest BCUT2D eigenvalue weighted by Crippen LogP contribution is -2.44. The van der Waals surface area contributed by atoms with Gasteiger partial charge in [0.1, 0.15) is 6.04 Å². The van der Waals surface area contributed by atoms with Crippen LogP contribution in [-0.4, -0.2) is 48.3 Å². The molecule has 0 aromatic rings. The first-order valence-corrected chi connectivity index (χ1v) is 4.65. The molecule has 1 unspecified atom stereocenters. The highest BCUT2D eigenvalue weighted by molar-refractivity contribution is 5.75. The lowest BCUT2D eigenvalue weighted by atomic mass is 10.2. The number of hydrogen-bond donors (Lipinski definition) is 1. The average molecular weight is 187 g/mol. The summed E-state index contributed by atoms with van der Waals surface area (Å²) in [5.74, 6) is -0.222. The van der Waals surface area contributed by atoms with Crippen LogP contribution in [0.15, 0.2) is 0 Å². The van der Waals surface area contributed by atoms with Gasteiger partial charge in [0.25, 0.3) is 0 Å². The molecule has 1 aliphatic rings. The molecule has 4 nitrogen and oxygen atoms in total. The number of carbonyl (C=O) groups is 1. The summed E-state index contributed by atoms with van der Waals surface area (Å²) in [6.45, 7) is 2.82. The van der Waals surface area contributed by atoms with E-state index in [0.717, 1.165) is 19.4 Å². The van der Waals surface area contributed by atoms with Crippen molar-refractivity contribution in [2.24, 2.45) is 0 Å². The Morgan fingerprint density at radius 2 is 2.46 bits per heavy atom. The molecular weight excluding hydrogens is 170 g/mol. The second kappa shape index (κ2) is 4.58. The largest absolute Gasteiger partial charge is 0.468 e. The fourth-order valence-electron chi connectivity index (χ4n) is 1.87. The Labute approximate surface area is 78.5 Å². The van der Waals surface area contributed by atoms with E-state index in [1.807, 2.05) is 11.8 Å². The van der Waals surface area contributed by atoms with Gasteiger partial charge in [-0.3, -0.25) is 9.69 Å². The van der Waals surface area contributed by atoms with Crippen LogP contribution in [0, 0.1) is 0 Å². The van der Waals surface area contributed by atoms with Gasteiger partial charge in [0.15, 0.2) is 0 Å². The SMILES string of the molecule is COC(=O)C(C)N1CCC[C@@H]1CO. The highest BCUT2D eigenvalue weighted by Gasteiger charge is 2.31. The summed E-state index contributed by atoms with van der Waals surface area (Å²) in [4.78, 5) is 13.2. The van der Waals surface area contributed by atoms with Crippen LogP contribution in [-0.2, 0) is 9.53 Å². The lowest BCUT2D eigenvalue weighted by molar-refractivity contribution is -0.146. The van der Waals surface area contributed by atoms with Crippen LogP contribution in [0.3, 0.4) is 0 Å². The van der Waals surface area contributed by atoms with Crippen LogP contribution < -0.4 is 0 Å². The number of aliphatic hydroxyl groups excluding tert-OH is 1. The number of ether oxygens (including phenoxy) is 1. The number of esters is 1. The van der Waals surface area contributed by atoms with Crippen molar-refractivity contribution in [1.29, 1.82) is 0 Å². The monoisotopic (exact) mass is 187 g/mol. The predicted molar refractivity (Wildman–Crippen MR) is 48.3 cm³/mol. The van der Waals surface area contributed by atoms with Crippen LogP contribution in [0.4, 0.5) is 0 Å². The molecule has 0 aromatic carbocycles. The molecular formula is C9H17NO3. The second-order valence-corrected chi connectivity index (χ2v) is 3.42. The first kappa shape index (κ1) is 10.5. The number of methoxy groups -OCH3 is 1. The molecule has 1 heterocycles. The van der Waals surface area contributed by atoms with Crippen molar-refractivity contribution in [3.05, 3.63) is 0 Å². The number of carbonyl (C=O) groups excluding carboxylic acids is 1. The molecule has 0 bridgehead atoms. The van der Waals surface area contributed by atoms with Crippen molar-refractivity contribution in [1.82, 2.24) is 4.90 Å². The van der Waals surface area contributed by atoms with Gasteiger partial charge in [-0.2, -0.15) is 0 Å². The molecule has 13 heavy (non-hydrogen) atoms. The minimum Gasteiger partial charge on any atom is -0.468 e. The van der Waals surface area contributed by atoms with E-state index in [-0.39, 0.29) is 24.7 Å². The van der Waals surface area contributed by atoms with E-state index in [2.05, 4.69) is 4.74 Å². The summed E-state index contributed by atoms with van der Waals surface area (Å²) < 4.78 is 4.65. The highest BCUT2D eigenvalue weighted by atomic mass is 16.5. The maximum absolute atomic E-state index is 11.2. The first-order valence-electron chi connectivity index (χ1n) is 4.65. The van der Waals surface area contributed by atoms with Crippen molar-refractivity contribution in [3.8, 4) is 0 Å². The van der Waals surface area contributed by atoms with Crippen LogP contribution in [0.5, 0.6) is 0 Å². The minimum absolute atomic E-state index is 0.126. The third-order valence-corrected chi connectivity index (χ3v) is 2.67. The molecule has 76 valence electrons. The van der Waals surface area contributed by atoms with Crippen molar-refractivity contribution in [3.63, 3.8) is 0 Å². The zero-order chi connectivity index (χ0) is 9.84. The molecule has 1 aliphatic heterocycles. The zero-order valence-electron chi connectivity index (χ0n) is 8.19. The summed E-state index contributed by atoms with van der Waals surface area (Å²) >= 11 is 0. The number of rotatable bonds is 3. The summed E-state index contributed by atoms with van der Waals surface area (Å²) in [6.07, 6.45) is 2.02. The Morgan fingerprint density at radius 1 is 1.77 bits per heavy atom. The average Bonchev–Trinajstić information content (AvgIpc) is 2.62. The van der Waals surface area contributed by atoms with Crippen molar-refractivity contribution in [2.75, 3.05) is 20.3 Å². The Hall–Kier alpha value is -0.610. The van der Waals surface area contributed by atoms with Crippen LogP contribution in [0.1, 0.15) is 19.8 Å². The maximum Gasteiger partial charge on any atom is 0.322 e. The molecule has 1 saturated heterocycles. The van der Waals surface area contributed by atoms with E-state index in [4.69, 9.17) is 5.11 Å². The summed E-state index contributed by atoms with van der Waals surface area (Å²) in [5.41, 5.74) is 0. The normalized spacial score (nSPS) is 25.9. The van der Waals surface area contributed by atoms with Gasteiger partial charge in [0.05, 0.1) is 13.7 Å². The van der Waals surface area contributed by atoms with Gasteiger partial charge in [0.2, 0.25) is 0 Å². The number of likely N-dealkylation sites (tertiary alicyclic amines) is 1. The Bertz CT molecular complexity index is 184. The van der Waals surface area contributed by atoms with Crippen LogP contribution in [0.2, 0.25) is 0 Å². The third-order valence-electron chi connectivity index (χ3n) is 2.67. The number of aliphatic hydroxyl groups is 1.